The zero-order valence-electron chi connectivity index (χ0n) is 20.3. The van der Waals surface area contributed by atoms with Crippen LogP contribution in [0.15, 0.2) is 30.3 Å². The van der Waals surface area contributed by atoms with Crippen molar-refractivity contribution < 1.29 is 0 Å². The summed E-state index contributed by atoms with van der Waals surface area (Å²) in [7, 11) is -1.01. The molecule has 0 radical (unpaired) electrons. The van der Waals surface area contributed by atoms with Crippen LogP contribution in [0.4, 0.5) is 0 Å². The highest BCUT2D eigenvalue weighted by atomic mass is 28.3. The maximum atomic E-state index is 6.79. The summed E-state index contributed by atoms with van der Waals surface area (Å²) in [5.74, 6) is 0. The molecule has 0 fully saturated rings. The molecule has 1 aliphatic rings. The summed E-state index contributed by atoms with van der Waals surface area (Å²) in [5, 5.41) is 0. The lowest BCUT2D eigenvalue weighted by atomic mass is 9.80. The van der Waals surface area contributed by atoms with E-state index in [0.717, 1.165) is 6.42 Å². The van der Waals surface area contributed by atoms with E-state index in [2.05, 4.69) is 98.8 Å². The topological polar surface area (TPSA) is 26.0 Å². The highest BCUT2D eigenvalue weighted by Gasteiger charge is 2.35. The Morgan fingerprint density at radius 2 is 1.34 bits per heavy atom. The van der Waals surface area contributed by atoms with Crippen LogP contribution in [0.2, 0.25) is 13.1 Å². The first-order chi connectivity index (χ1) is 13.1. The van der Waals surface area contributed by atoms with Gasteiger partial charge < -0.3 is 5.73 Å². The van der Waals surface area contributed by atoms with Gasteiger partial charge in [0.2, 0.25) is 0 Å². The highest BCUT2D eigenvalue weighted by molar-refractivity contribution is 6.58. The van der Waals surface area contributed by atoms with Gasteiger partial charge in [0.15, 0.2) is 0 Å². The lowest BCUT2D eigenvalue weighted by Crippen LogP contribution is -2.45. The van der Waals surface area contributed by atoms with Crippen molar-refractivity contribution in [3.05, 3.63) is 58.1 Å². The van der Waals surface area contributed by atoms with Gasteiger partial charge in [-0.15, -0.1) is 0 Å². The fraction of sp³-hybridized carbons (Fsp3) is 0.556. The van der Waals surface area contributed by atoms with Crippen LogP contribution in [0.5, 0.6) is 0 Å². The third-order valence-corrected chi connectivity index (χ3v) is 9.14. The fourth-order valence-electron chi connectivity index (χ4n) is 5.10. The fourth-order valence-corrected chi connectivity index (χ4v) is 7.83. The van der Waals surface area contributed by atoms with E-state index in [1.54, 1.807) is 0 Å². The van der Waals surface area contributed by atoms with Gasteiger partial charge >= 0.3 is 0 Å². The molecule has 0 spiro atoms. The monoisotopic (exact) mass is 407 g/mol. The third-order valence-electron chi connectivity index (χ3n) is 6.59. The molecule has 1 unspecified atom stereocenters. The number of hydrogen-bond donors (Lipinski definition) is 1. The molecule has 1 aliphatic carbocycles. The molecule has 0 heterocycles. The molecule has 2 heteroatoms. The SMILES string of the molecule is C[SiH](C)C(c1cc(C(C)(C)C)cc2c1Cc1ccc(C(C)(C)C)cc1-2)C(C)(C)N. The average Bonchev–Trinajstić information content (AvgIpc) is 2.89. The van der Waals surface area contributed by atoms with Crippen molar-refractivity contribution in [3.63, 3.8) is 0 Å². The van der Waals surface area contributed by atoms with Crippen molar-refractivity contribution in [3.8, 4) is 11.1 Å². The van der Waals surface area contributed by atoms with Crippen LogP contribution in [0.25, 0.3) is 11.1 Å². The first-order valence-electron chi connectivity index (χ1n) is 11.2. The summed E-state index contributed by atoms with van der Waals surface area (Å²) in [4.78, 5) is 0. The maximum absolute atomic E-state index is 6.79. The molecule has 0 saturated heterocycles. The van der Waals surface area contributed by atoms with Crippen LogP contribution in [-0.4, -0.2) is 14.3 Å². The number of rotatable bonds is 3. The number of fused-ring (bicyclic) bond motifs is 3. The molecule has 29 heavy (non-hydrogen) atoms. The summed E-state index contributed by atoms with van der Waals surface area (Å²) < 4.78 is 0. The maximum Gasteiger partial charge on any atom is 0.0411 e. The predicted molar refractivity (Wildman–Crippen MR) is 132 cm³/mol. The molecule has 2 aromatic rings. The van der Waals surface area contributed by atoms with E-state index >= 15 is 0 Å². The molecule has 2 aromatic carbocycles. The molecule has 0 aliphatic heterocycles. The molecule has 0 saturated carbocycles. The minimum absolute atomic E-state index is 0.121. The van der Waals surface area contributed by atoms with E-state index in [1.807, 2.05) is 0 Å². The minimum Gasteiger partial charge on any atom is -0.325 e. The van der Waals surface area contributed by atoms with Crippen LogP contribution in [0.1, 0.15) is 88.7 Å². The van der Waals surface area contributed by atoms with Crippen molar-refractivity contribution >= 4 is 8.80 Å². The van der Waals surface area contributed by atoms with Crippen molar-refractivity contribution in [2.24, 2.45) is 5.73 Å². The highest BCUT2D eigenvalue weighted by Crippen LogP contribution is 2.46. The minimum atomic E-state index is -1.01. The van der Waals surface area contributed by atoms with Gasteiger partial charge in [-0.05, 0) is 75.6 Å². The summed E-state index contributed by atoms with van der Waals surface area (Å²) in [5.41, 5.74) is 17.6. The molecule has 158 valence electrons. The van der Waals surface area contributed by atoms with Crippen LogP contribution in [-0.2, 0) is 17.3 Å². The molecule has 1 atom stereocenters. The summed E-state index contributed by atoms with van der Waals surface area (Å²) >= 11 is 0. The Morgan fingerprint density at radius 1 is 0.793 bits per heavy atom. The Bertz CT molecular complexity index is 917. The Hall–Kier alpha value is -1.38. The zero-order valence-corrected chi connectivity index (χ0v) is 21.5. The van der Waals surface area contributed by atoms with Crippen molar-refractivity contribution in [1.29, 1.82) is 0 Å². The Morgan fingerprint density at radius 3 is 1.83 bits per heavy atom. The van der Waals surface area contributed by atoms with Gasteiger partial charge in [-0.2, -0.15) is 0 Å². The van der Waals surface area contributed by atoms with Crippen molar-refractivity contribution in [2.45, 2.75) is 96.8 Å². The first kappa shape index (κ1) is 22.3. The van der Waals surface area contributed by atoms with Crippen LogP contribution >= 0.6 is 0 Å². The van der Waals surface area contributed by atoms with Gasteiger partial charge in [0.25, 0.3) is 0 Å². The number of nitrogens with two attached hydrogens (primary N) is 1. The smallest absolute Gasteiger partial charge is 0.0411 e. The largest absolute Gasteiger partial charge is 0.325 e. The summed E-state index contributed by atoms with van der Waals surface area (Å²) in [6.07, 6.45) is 1.04. The Labute approximate surface area is 180 Å². The molecule has 0 aromatic heterocycles. The van der Waals surface area contributed by atoms with E-state index < -0.39 is 8.80 Å². The van der Waals surface area contributed by atoms with Gasteiger partial charge in [0.1, 0.15) is 0 Å². The van der Waals surface area contributed by atoms with Crippen molar-refractivity contribution in [2.75, 3.05) is 0 Å². The molecular weight excluding hydrogens is 366 g/mol. The molecular formula is C27H41NSi. The van der Waals surface area contributed by atoms with Crippen LogP contribution in [0, 0.1) is 0 Å². The van der Waals surface area contributed by atoms with Gasteiger partial charge in [0, 0.05) is 14.3 Å². The lowest BCUT2D eigenvalue weighted by molar-refractivity contribution is 0.488. The number of benzene rings is 2. The van der Waals surface area contributed by atoms with E-state index in [0.29, 0.717) is 5.54 Å². The summed E-state index contributed by atoms with van der Waals surface area (Å²) in [6, 6.07) is 12.1. The van der Waals surface area contributed by atoms with E-state index in [-0.39, 0.29) is 16.4 Å². The standard InChI is InChI=1S/C27H41NSi/c1-25(2,3)18-12-11-17-13-21-22(20(17)14-18)15-19(26(4,5)6)16-23(21)24(29(9)10)27(7,8)28/h11-12,14-16,24,29H,13,28H2,1-10H3. The van der Waals surface area contributed by atoms with E-state index in [9.17, 15) is 0 Å². The van der Waals surface area contributed by atoms with Gasteiger partial charge in [-0.1, -0.05) is 85.0 Å². The second kappa shape index (κ2) is 7.09. The normalized spacial score (nSPS) is 15.4. The second-order valence-electron chi connectivity index (χ2n) is 12.2. The van der Waals surface area contributed by atoms with Crippen LogP contribution in [0.3, 0.4) is 0 Å². The van der Waals surface area contributed by atoms with E-state index in [1.165, 1.54) is 38.9 Å². The molecule has 3 rings (SSSR count). The third kappa shape index (κ3) is 4.25. The Kier molecular flexibility index (Phi) is 5.46. The zero-order chi connectivity index (χ0) is 21.9. The first-order valence-corrected chi connectivity index (χ1v) is 14.2. The van der Waals surface area contributed by atoms with Crippen LogP contribution < -0.4 is 5.73 Å². The van der Waals surface area contributed by atoms with E-state index in [4.69, 9.17) is 5.73 Å². The molecule has 1 nitrogen and oxygen atoms in total. The average molecular weight is 408 g/mol. The summed E-state index contributed by atoms with van der Waals surface area (Å²) in [6.45, 7) is 23.3. The molecule has 2 N–H and O–H groups in total. The Balaban J connectivity index is 2.31. The quantitative estimate of drug-likeness (QED) is 0.480. The second-order valence-corrected chi connectivity index (χ2v) is 15.3. The predicted octanol–water partition coefficient (Wildman–Crippen LogP) is 6.70. The van der Waals surface area contributed by atoms with Crippen molar-refractivity contribution in [1.82, 2.24) is 0 Å². The number of hydrogen-bond acceptors (Lipinski definition) is 1. The lowest BCUT2D eigenvalue weighted by Gasteiger charge is -2.36. The molecule has 0 bridgehead atoms. The van der Waals surface area contributed by atoms with Gasteiger partial charge in [-0.25, -0.2) is 0 Å². The molecule has 0 amide bonds. The van der Waals surface area contributed by atoms with Gasteiger partial charge in [0.05, 0.1) is 0 Å². The van der Waals surface area contributed by atoms with Gasteiger partial charge in [-0.3, -0.25) is 0 Å².